The Hall–Kier alpha value is -2.64. The number of hydrogen-bond donors (Lipinski definition) is 3. The largest absolute Gasteiger partial charge is 0.399 e. The van der Waals surface area contributed by atoms with Gasteiger partial charge in [-0.15, -0.1) is 11.3 Å². The molecular formula is C20H25N5OS. The number of thiophene rings is 1. The van der Waals surface area contributed by atoms with Gasteiger partial charge in [0.25, 0.3) is 0 Å². The normalized spacial score (nSPS) is 13.4. The summed E-state index contributed by atoms with van der Waals surface area (Å²) in [7, 11) is 5.85. The molecule has 0 spiro atoms. The van der Waals surface area contributed by atoms with Crippen molar-refractivity contribution in [3.05, 3.63) is 46.5 Å². The quantitative estimate of drug-likeness (QED) is 0.475. The van der Waals surface area contributed by atoms with E-state index in [2.05, 4.69) is 28.6 Å². The van der Waals surface area contributed by atoms with Gasteiger partial charge in [-0.3, -0.25) is 4.79 Å². The fourth-order valence-corrected chi connectivity index (χ4v) is 4.13. The summed E-state index contributed by atoms with van der Waals surface area (Å²) in [6.07, 6.45) is 1.90. The molecule has 4 N–H and O–H groups in total. The zero-order chi connectivity index (χ0) is 19.4. The van der Waals surface area contributed by atoms with E-state index in [0.29, 0.717) is 0 Å². The van der Waals surface area contributed by atoms with E-state index < -0.39 is 0 Å². The minimum atomic E-state index is 0.732. The third-order valence-corrected chi connectivity index (χ3v) is 5.63. The Kier molecular flexibility index (Phi) is 5.93. The zero-order valence-electron chi connectivity index (χ0n) is 15.9. The first-order valence-corrected chi connectivity index (χ1v) is 9.67. The molecule has 0 saturated carbocycles. The van der Waals surface area contributed by atoms with Crippen molar-refractivity contribution in [1.82, 2.24) is 9.88 Å². The molecule has 3 heterocycles. The molecule has 0 unspecified atom stereocenters. The van der Waals surface area contributed by atoms with E-state index in [-0.39, 0.29) is 0 Å². The predicted octanol–water partition coefficient (Wildman–Crippen LogP) is 3.45. The second-order valence-corrected chi connectivity index (χ2v) is 7.55. The second-order valence-electron chi connectivity index (χ2n) is 6.52. The van der Waals surface area contributed by atoms with Crippen LogP contribution in [0.15, 0.2) is 30.3 Å². The molecule has 142 valence electrons. The molecule has 7 heteroatoms. The number of likely N-dealkylation sites (N-methyl/N-ethyl adjacent to an activating group) is 1. The monoisotopic (exact) mass is 383 g/mol. The Bertz CT molecular complexity index is 936. The van der Waals surface area contributed by atoms with Crippen molar-refractivity contribution in [2.75, 3.05) is 44.1 Å². The van der Waals surface area contributed by atoms with Crippen LogP contribution in [0.2, 0.25) is 0 Å². The highest BCUT2D eigenvalue weighted by atomic mass is 32.1. The summed E-state index contributed by atoms with van der Waals surface area (Å²) < 4.78 is 0. The second kappa shape index (κ2) is 8.37. The molecule has 6 nitrogen and oxygen atoms in total. The zero-order valence-corrected chi connectivity index (χ0v) is 16.7. The van der Waals surface area contributed by atoms with Crippen LogP contribution in [-0.4, -0.2) is 43.9 Å². The van der Waals surface area contributed by atoms with Gasteiger partial charge in [-0.05, 0) is 42.9 Å². The van der Waals surface area contributed by atoms with Gasteiger partial charge in [0.2, 0.25) is 0 Å². The van der Waals surface area contributed by atoms with Crippen LogP contribution in [0.1, 0.15) is 20.9 Å². The van der Waals surface area contributed by atoms with Crippen molar-refractivity contribution in [3.8, 4) is 0 Å². The van der Waals surface area contributed by atoms with Gasteiger partial charge in [0.1, 0.15) is 4.83 Å². The molecule has 0 atom stereocenters. The van der Waals surface area contributed by atoms with E-state index >= 15 is 0 Å². The lowest BCUT2D eigenvalue weighted by Crippen LogP contribution is -2.27. The first kappa shape index (κ1) is 19.1. The maximum atomic E-state index is 11.1. The smallest absolute Gasteiger partial charge is 0.162 e. The van der Waals surface area contributed by atoms with Crippen molar-refractivity contribution in [2.45, 2.75) is 13.0 Å². The lowest BCUT2D eigenvalue weighted by atomic mass is 10.0. The third-order valence-electron chi connectivity index (χ3n) is 4.61. The first-order valence-electron chi connectivity index (χ1n) is 8.85. The molecule has 0 bridgehead atoms. The Morgan fingerprint density at radius 2 is 1.96 bits per heavy atom. The molecule has 1 aromatic carbocycles. The number of pyridine rings is 1. The summed E-state index contributed by atoms with van der Waals surface area (Å²) >= 11 is 1.47. The summed E-state index contributed by atoms with van der Waals surface area (Å²) in [6, 6.07) is 9.80. The number of carbonyl (C=O) groups is 1. The molecule has 0 amide bonds. The third kappa shape index (κ3) is 4.20. The predicted molar refractivity (Wildman–Crippen MR) is 115 cm³/mol. The van der Waals surface area contributed by atoms with Gasteiger partial charge >= 0.3 is 0 Å². The van der Waals surface area contributed by atoms with E-state index in [9.17, 15) is 4.79 Å². The van der Waals surface area contributed by atoms with Crippen molar-refractivity contribution in [1.29, 1.82) is 0 Å². The number of benzene rings is 1. The number of nitrogens with two attached hydrogens (primary N) is 1. The van der Waals surface area contributed by atoms with Crippen molar-refractivity contribution < 1.29 is 4.79 Å². The van der Waals surface area contributed by atoms with Crippen LogP contribution >= 0.6 is 11.3 Å². The van der Waals surface area contributed by atoms with Gasteiger partial charge in [-0.25, -0.2) is 4.98 Å². The summed E-state index contributed by atoms with van der Waals surface area (Å²) in [4.78, 5) is 19.8. The highest BCUT2D eigenvalue weighted by Gasteiger charge is 2.19. The van der Waals surface area contributed by atoms with Gasteiger partial charge in [-0.1, -0.05) is 0 Å². The topological polar surface area (TPSA) is 83.3 Å². The van der Waals surface area contributed by atoms with Gasteiger partial charge in [0.15, 0.2) is 6.29 Å². The lowest BCUT2D eigenvalue weighted by Gasteiger charge is -2.24. The number of fused-ring (bicyclic) bond motifs is 2. The highest BCUT2D eigenvalue weighted by molar-refractivity contribution is 7.20. The molecule has 4 rings (SSSR count). The van der Waals surface area contributed by atoms with Crippen molar-refractivity contribution in [2.24, 2.45) is 0 Å². The SMILES string of the molecule is CNc1c(C=O)sc2nc3c(cc12)CN(C)CC3.CNc1ccc(N)cc1. The number of nitrogens with one attached hydrogen (secondary N) is 2. The molecule has 0 aliphatic carbocycles. The minimum Gasteiger partial charge on any atom is -0.399 e. The first-order chi connectivity index (χ1) is 13.0. The lowest BCUT2D eigenvalue weighted by molar-refractivity contribution is 0.112. The van der Waals surface area contributed by atoms with E-state index in [0.717, 1.165) is 58.0 Å². The average Bonchev–Trinajstić information content (AvgIpc) is 3.03. The number of aldehydes is 1. The fraction of sp³-hybridized carbons (Fsp3) is 0.300. The van der Waals surface area contributed by atoms with Crippen LogP contribution in [-0.2, 0) is 13.0 Å². The summed E-state index contributed by atoms with van der Waals surface area (Å²) in [5.74, 6) is 0. The Morgan fingerprint density at radius 3 is 2.59 bits per heavy atom. The highest BCUT2D eigenvalue weighted by Crippen LogP contribution is 2.35. The number of hydrogen-bond acceptors (Lipinski definition) is 7. The minimum absolute atomic E-state index is 0.732. The average molecular weight is 384 g/mol. The molecule has 0 fully saturated rings. The summed E-state index contributed by atoms with van der Waals surface area (Å²) in [5, 5.41) is 7.18. The molecule has 3 aromatic rings. The molecule has 1 aliphatic rings. The molecule has 0 radical (unpaired) electrons. The van der Waals surface area contributed by atoms with Crippen LogP contribution in [0.4, 0.5) is 17.1 Å². The van der Waals surface area contributed by atoms with E-state index in [4.69, 9.17) is 10.7 Å². The van der Waals surface area contributed by atoms with Crippen LogP contribution in [0.25, 0.3) is 10.2 Å². The fourth-order valence-electron chi connectivity index (χ4n) is 3.13. The molecule has 27 heavy (non-hydrogen) atoms. The summed E-state index contributed by atoms with van der Waals surface area (Å²) in [5.41, 5.74) is 10.7. The van der Waals surface area contributed by atoms with Crippen molar-refractivity contribution >= 4 is 44.9 Å². The van der Waals surface area contributed by atoms with Crippen LogP contribution in [0.3, 0.4) is 0 Å². The number of carbonyl (C=O) groups excluding carboxylic acids is 1. The maximum absolute atomic E-state index is 11.1. The Labute approximate surface area is 163 Å². The van der Waals surface area contributed by atoms with E-state index in [1.165, 1.54) is 22.6 Å². The van der Waals surface area contributed by atoms with E-state index in [1.54, 1.807) is 0 Å². The number of nitrogen functional groups attached to an aromatic ring is 1. The van der Waals surface area contributed by atoms with Crippen molar-refractivity contribution in [3.63, 3.8) is 0 Å². The number of rotatable bonds is 3. The molecule has 2 aromatic heterocycles. The Balaban J connectivity index is 0.000000197. The number of anilines is 3. The van der Waals surface area contributed by atoms with Crippen LogP contribution in [0, 0.1) is 0 Å². The van der Waals surface area contributed by atoms with E-state index in [1.807, 2.05) is 38.4 Å². The molecular weight excluding hydrogens is 358 g/mol. The number of aromatic nitrogens is 1. The van der Waals surface area contributed by atoms with Gasteiger partial charge in [0.05, 0.1) is 10.6 Å². The van der Waals surface area contributed by atoms with Gasteiger partial charge in [-0.2, -0.15) is 0 Å². The standard InChI is InChI=1S/C13H15N3OS.C7H10N2/c1-14-12-9-5-8-6-16(2)4-3-10(8)15-13(9)18-11(12)7-17;1-9-7-4-2-6(8)3-5-7/h5,7,14H,3-4,6H2,1-2H3;2-5,9H,8H2,1H3. The van der Waals surface area contributed by atoms with Gasteiger partial charge in [0, 0.05) is 56.1 Å². The number of nitrogens with zero attached hydrogens (tertiary/aromatic N) is 2. The molecule has 1 aliphatic heterocycles. The Morgan fingerprint density at radius 1 is 1.22 bits per heavy atom. The maximum Gasteiger partial charge on any atom is 0.162 e. The van der Waals surface area contributed by atoms with Gasteiger partial charge < -0.3 is 21.3 Å². The summed E-state index contributed by atoms with van der Waals surface area (Å²) in [6.45, 7) is 1.99. The molecule has 0 saturated heterocycles. The van der Waals surface area contributed by atoms with Crippen LogP contribution in [0.5, 0.6) is 0 Å². The van der Waals surface area contributed by atoms with Crippen LogP contribution < -0.4 is 16.4 Å².